The molecule has 4 nitrogen and oxygen atoms in total. The molecule has 0 saturated carbocycles. The Balaban J connectivity index is 1.87. The topological polar surface area (TPSA) is 41.1 Å². The van der Waals surface area contributed by atoms with Crippen molar-refractivity contribution in [2.24, 2.45) is 0 Å². The van der Waals surface area contributed by atoms with Gasteiger partial charge in [0.05, 0.1) is 6.54 Å². The average molecular weight is 268 g/mol. The predicted molar refractivity (Wildman–Crippen MR) is 82.1 cm³/mol. The van der Waals surface area contributed by atoms with Gasteiger partial charge in [-0.25, -0.2) is 9.97 Å². The lowest BCUT2D eigenvalue weighted by Crippen LogP contribution is -2.29. The van der Waals surface area contributed by atoms with Gasteiger partial charge in [-0.2, -0.15) is 0 Å². The lowest BCUT2D eigenvalue weighted by atomic mass is 10.0. The molecule has 0 spiro atoms. The molecule has 2 aromatic rings. The Hall–Kier alpha value is -2.10. The van der Waals surface area contributed by atoms with E-state index in [0.29, 0.717) is 0 Å². The molecule has 104 valence electrons. The van der Waals surface area contributed by atoms with E-state index in [2.05, 4.69) is 44.5 Å². The number of hydrogen-bond donors (Lipinski definition) is 1. The SMILES string of the molecule is CNc1cc(C)nc(CN2CCCc3ccccc32)n1. The summed E-state index contributed by atoms with van der Waals surface area (Å²) in [6, 6.07) is 10.6. The van der Waals surface area contributed by atoms with E-state index in [0.717, 1.165) is 30.4 Å². The van der Waals surface area contributed by atoms with Crippen LogP contribution < -0.4 is 10.2 Å². The average Bonchev–Trinajstić information content (AvgIpc) is 2.47. The fourth-order valence-corrected chi connectivity index (χ4v) is 2.78. The molecule has 0 radical (unpaired) electrons. The maximum atomic E-state index is 4.56. The van der Waals surface area contributed by atoms with E-state index in [1.807, 2.05) is 20.0 Å². The monoisotopic (exact) mass is 268 g/mol. The van der Waals surface area contributed by atoms with E-state index in [-0.39, 0.29) is 0 Å². The molecule has 0 fully saturated rings. The van der Waals surface area contributed by atoms with Crippen LogP contribution in [-0.2, 0) is 13.0 Å². The molecule has 0 amide bonds. The Kier molecular flexibility index (Phi) is 3.54. The molecule has 1 aromatic carbocycles. The van der Waals surface area contributed by atoms with Gasteiger partial charge in [0.15, 0.2) is 0 Å². The van der Waals surface area contributed by atoms with Gasteiger partial charge in [0.25, 0.3) is 0 Å². The number of rotatable bonds is 3. The first kappa shape index (κ1) is 12.9. The summed E-state index contributed by atoms with van der Waals surface area (Å²) in [5.41, 5.74) is 3.76. The largest absolute Gasteiger partial charge is 0.373 e. The molecule has 3 rings (SSSR count). The number of nitrogens with zero attached hydrogens (tertiary/aromatic N) is 3. The van der Waals surface area contributed by atoms with E-state index in [1.54, 1.807) is 0 Å². The Labute approximate surface area is 119 Å². The van der Waals surface area contributed by atoms with Crippen LogP contribution in [0.25, 0.3) is 0 Å². The zero-order chi connectivity index (χ0) is 13.9. The quantitative estimate of drug-likeness (QED) is 0.929. The number of fused-ring (bicyclic) bond motifs is 1. The van der Waals surface area contributed by atoms with Crippen LogP contribution in [0, 0.1) is 6.92 Å². The highest BCUT2D eigenvalue weighted by atomic mass is 15.2. The van der Waals surface area contributed by atoms with Gasteiger partial charge in [-0.15, -0.1) is 0 Å². The van der Waals surface area contributed by atoms with Crippen LogP contribution in [0.5, 0.6) is 0 Å². The summed E-state index contributed by atoms with van der Waals surface area (Å²) >= 11 is 0. The maximum Gasteiger partial charge on any atom is 0.150 e. The number of hydrogen-bond acceptors (Lipinski definition) is 4. The lowest BCUT2D eigenvalue weighted by molar-refractivity contribution is 0.673. The molecule has 1 aliphatic rings. The third-order valence-electron chi connectivity index (χ3n) is 3.70. The molecule has 0 bridgehead atoms. The molecule has 20 heavy (non-hydrogen) atoms. The van der Waals surface area contributed by atoms with Gasteiger partial charge < -0.3 is 10.2 Å². The van der Waals surface area contributed by atoms with Gasteiger partial charge in [0.1, 0.15) is 11.6 Å². The smallest absolute Gasteiger partial charge is 0.150 e. The number of para-hydroxylation sites is 1. The Bertz CT molecular complexity index is 609. The van der Waals surface area contributed by atoms with Crippen LogP contribution >= 0.6 is 0 Å². The number of benzene rings is 1. The van der Waals surface area contributed by atoms with Crippen LogP contribution in [0.2, 0.25) is 0 Å². The highest BCUT2D eigenvalue weighted by Gasteiger charge is 2.17. The molecule has 0 saturated heterocycles. The Morgan fingerprint density at radius 1 is 1.25 bits per heavy atom. The Morgan fingerprint density at radius 2 is 2.10 bits per heavy atom. The fraction of sp³-hybridized carbons (Fsp3) is 0.375. The number of anilines is 2. The van der Waals surface area contributed by atoms with Gasteiger partial charge in [-0.1, -0.05) is 18.2 Å². The van der Waals surface area contributed by atoms with E-state index < -0.39 is 0 Å². The second-order valence-corrected chi connectivity index (χ2v) is 5.21. The van der Waals surface area contributed by atoms with Gasteiger partial charge in [-0.05, 0) is 31.4 Å². The summed E-state index contributed by atoms with van der Waals surface area (Å²) in [6.45, 7) is 3.85. The minimum atomic E-state index is 0.771. The maximum absolute atomic E-state index is 4.56. The van der Waals surface area contributed by atoms with Crippen LogP contribution in [0.3, 0.4) is 0 Å². The molecule has 0 atom stereocenters. The summed E-state index contributed by atoms with van der Waals surface area (Å²) in [5.74, 6) is 1.77. The van der Waals surface area contributed by atoms with E-state index in [9.17, 15) is 0 Å². The summed E-state index contributed by atoms with van der Waals surface area (Å²) < 4.78 is 0. The predicted octanol–water partition coefficient (Wildman–Crippen LogP) is 2.78. The van der Waals surface area contributed by atoms with E-state index >= 15 is 0 Å². The van der Waals surface area contributed by atoms with Crippen molar-refractivity contribution in [3.8, 4) is 0 Å². The fourth-order valence-electron chi connectivity index (χ4n) is 2.78. The number of aromatic nitrogens is 2. The van der Waals surface area contributed by atoms with Crippen molar-refractivity contribution in [2.75, 3.05) is 23.8 Å². The summed E-state index contributed by atoms with van der Waals surface area (Å²) in [5, 5.41) is 3.09. The van der Waals surface area contributed by atoms with Gasteiger partial charge >= 0.3 is 0 Å². The highest BCUT2D eigenvalue weighted by molar-refractivity contribution is 5.55. The van der Waals surface area contributed by atoms with Crippen LogP contribution in [-0.4, -0.2) is 23.6 Å². The van der Waals surface area contributed by atoms with Crippen LogP contribution in [0.15, 0.2) is 30.3 Å². The molecule has 0 unspecified atom stereocenters. The van der Waals surface area contributed by atoms with Crippen molar-refractivity contribution in [2.45, 2.75) is 26.3 Å². The normalized spacial score (nSPS) is 14.0. The van der Waals surface area contributed by atoms with E-state index in [4.69, 9.17) is 0 Å². The van der Waals surface area contributed by atoms with Crippen molar-refractivity contribution >= 4 is 11.5 Å². The molecule has 4 heteroatoms. The van der Waals surface area contributed by atoms with E-state index in [1.165, 1.54) is 24.1 Å². The second-order valence-electron chi connectivity index (χ2n) is 5.21. The summed E-state index contributed by atoms with van der Waals surface area (Å²) in [6.07, 6.45) is 2.37. The zero-order valence-corrected chi connectivity index (χ0v) is 12.1. The zero-order valence-electron chi connectivity index (χ0n) is 12.1. The van der Waals surface area contributed by atoms with Crippen molar-refractivity contribution in [3.05, 3.63) is 47.4 Å². The molecular formula is C16H20N4. The summed E-state index contributed by atoms with van der Waals surface area (Å²) in [7, 11) is 1.89. The van der Waals surface area contributed by atoms with Crippen molar-refractivity contribution in [1.29, 1.82) is 0 Å². The minimum absolute atomic E-state index is 0.771. The molecule has 2 heterocycles. The molecule has 0 aliphatic carbocycles. The van der Waals surface area contributed by atoms with Gasteiger partial charge in [0, 0.05) is 31.0 Å². The second kappa shape index (κ2) is 5.49. The van der Waals surface area contributed by atoms with Crippen molar-refractivity contribution in [1.82, 2.24) is 9.97 Å². The first-order valence-electron chi connectivity index (χ1n) is 7.11. The Morgan fingerprint density at radius 3 is 2.95 bits per heavy atom. The van der Waals surface area contributed by atoms with Crippen molar-refractivity contribution in [3.63, 3.8) is 0 Å². The van der Waals surface area contributed by atoms with Crippen LogP contribution in [0.4, 0.5) is 11.5 Å². The first-order valence-corrected chi connectivity index (χ1v) is 7.11. The number of nitrogens with one attached hydrogen (secondary N) is 1. The third kappa shape index (κ3) is 2.59. The van der Waals surface area contributed by atoms with Crippen LogP contribution in [0.1, 0.15) is 23.5 Å². The minimum Gasteiger partial charge on any atom is -0.373 e. The molecule has 1 aromatic heterocycles. The van der Waals surface area contributed by atoms with Gasteiger partial charge in [0.2, 0.25) is 0 Å². The van der Waals surface area contributed by atoms with Crippen molar-refractivity contribution < 1.29 is 0 Å². The highest BCUT2D eigenvalue weighted by Crippen LogP contribution is 2.27. The van der Waals surface area contributed by atoms with Gasteiger partial charge in [-0.3, -0.25) is 0 Å². The number of aryl methyl sites for hydroxylation is 2. The lowest BCUT2D eigenvalue weighted by Gasteiger charge is -2.30. The standard InChI is InChI=1S/C16H20N4/c1-12-10-15(17-2)19-16(18-12)11-20-9-5-7-13-6-3-4-8-14(13)20/h3-4,6,8,10H,5,7,9,11H2,1-2H3,(H,17,18,19). The molecular weight excluding hydrogens is 248 g/mol. The molecule has 1 N–H and O–H groups in total. The first-order chi connectivity index (χ1) is 9.76. The third-order valence-corrected chi connectivity index (χ3v) is 3.70. The summed E-state index contributed by atoms with van der Waals surface area (Å²) in [4.78, 5) is 11.5. The molecule has 1 aliphatic heterocycles.